The van der Waals surface area contributed by atoms with E-state index < -0.39 is 0 Å². The van der Waals surface area contributed by atoms with E-state index in [1.54, 1.807) is 0 Å². The highest BCUT2D eigenvalue weighted by atomic mass is 16.5. The molecular formula is C23H36O3. The van der Waals surface area contributed by atoms with Crippen molar-refractivity contribution in [3.63, 3.8) is 0 Å². The highest BCUT2D eigenvalue weighted by Crippen LogP contribution is 2.65. The lowest BCUT2D eigenvalue weighted by atomic mass is 9.45. The lowest BCUT2D eigenvalue weighted by molar-refractivity contribution is -0.142. The Kier molecular flexibility index (Phi) is 5.40. The third-order valence-electron chi connectivity index (χ3n) is 7.68. The normalized spacial score (nSPS) is 42.0. The zero-order valence-corrected chi connectivity index (χ0v) is 17.3. The molecule has 0 radical (unpaired) electrons. The van der Waals surface area contributed by atoms with E-state index >= 15 is 0 Å². The molecule has 2 saturated carbocycles. The molecular weight excluding hydrogens is 324 g/mol. The molecule has 0 bridgehead atoms. The zero-order valence-electron chi connectivity index (χ0n) is 17.3. The lowest BCUT2D eigenvalue weighted by Crippen LogP contribution is -2.54. The fourth-order valence-corrected chi connectivity index (χ4v) is 6.53. The fraction of sp³-hybridized carbons (Fsp3) is 0.783. The summed E-state index contributed by atoms with van der Waals surface area (Å²) in [5.74, 6) is 0.953. The lowest BCUT2D eigenvalue weighted by Gasteiger charge is -2.59. The smallest absolute Gasteiger partial charge is 0.305 e. The van der Waals surface area contributed by atoms with Crippen LogP contribution in [-0.4, -0.2) is 25.3 Å². The van der Waals surface area contributed by atoms with Crippen LogP contribution in [0.15, 0.2) is 23.8 Å². The number of rotatable bonds is 4. The van der Waals surface area contributed by atoms with Gasteiger partial charge < -0.3 is 9.47 Å². The Hall–Kier alpha value is -1.09. The largest absolute Gasteiger partial charge is 0.469 e. The zero-order chi connectivity index (χ0) is 19.1. The minimum atomic E-state index is -0.101. The van der Waals surface area contributed by atoms with Crippen LogP contribution in [0.4, 0.5) is 0 Å². The third-order valence-corrected chi connectivity index (χ3v) is 7.68. The van der Waals surface area contributed by atoms with Gasteiger partial charge >= 0.3 is 5.97 Å². The van der Waals surface area contributed by atoms with Crippen LogP contribution < -0.4 is 0 Å². The van der Waals surface area contributed by atoms with Crippen LogP contribution in [0.25, 0.3) is 0 Å². The second-order valence-electron chi connectivity index (χ2n) is 9.58. The molecule has 0 N–H and O–H groups in total. The van der Waals surface area contributed by atoms with Gasteiger partial charge in [-0.3, -0.25) is 4.79 Å². The summed E-state index contributed by atoms with van der Waals surface area (Å²) in [6, 6.07) is 0. The Balaban J connectivity index is 1.84. The number of allylic oxidation sites excluding steroid dienone is 2. The quantitative estimate of drug-likeness (QED) is 0.494. The average Bonchev–Trinajstić information content (AvgIpc) is 2.88. The molecule has 2 unspecified atom stereocenters. The Morgan fingerprint density at radius 2 is 2.04 bits per heavy atom. The van der Waals surface area contributed by atoms with Crippen LogP contribution in [0.5, 0.6) is 0 Å². The summed E-state index contributed by atoms with van der Waals surface area (Å²) in [6.07, 6.45) is 10.0. The Labute approximate surface area is 159 Å². The van der Waals surface area contributed by atoms with Gasteiger partial charge in [-0.15, -0.1) is 0 Å². The predicted molar refractivity (Wildman–Crippen MR) is 105 cm³/mol. The first-order valence-corrected chi connectivity index (χ1v) is 10.3. The summed E-state index contributed by atoms with van der Waals surface area (Å²) in [7, 11) is 1.48. The van der Waals surface area contributed by atoms with E-state index in [2.05, 4.69) is 40.3 Å². The standard InChI is InChI=1S/C23H36O3/c1-15(2)13-17-14-23(5)19-9-7-16(3)18(8-10-21(24)25-6)22(19,4)12-11-20(23)26-17/h13,17-20H,3,7-12,14H2,1-2,4-6H3/t17?,18?,19-,20+,22-,23+/m1/s1. The van der Waals surface area contributed by atoms with Crippen molar-refractivity contribution in [1.82, 2.24) is 0 Å². The van der Waals surface area contributed by atoms with E-state index in [1.807, 2.05) is 0 Å². The first-order valence-electron chi connectivity index (χ1n) is 10.3. The van der Waals surface area contributed by atoms with Crippen molar-refractivity contribution in [2.45, 2.75) is 84.8 Å². The summed E-state index contributed by atoms with van der Waals surface area (Å²) < 4.78 is 11.4. The van der Waals surface area contributed by atoms with Crippen molar-refractivity contribution in [3.05, 3.63) is 23.8 Å². The van der Waals surface area contributed by atoms with Gasteiger partial charge in [0.25, 0.3) is 0 Å². The Morgan fingerprint density at radius 3 is 2.69 bits per heavy atom. The number of methoxy groups -OCH3 is 1. The summed E-state index contributed by atoms with van der Waals surface area (Å²) >= 11 is 0. The summed E-state index contributed by atoms with van der Waals surface area (Å²) in [6.45, 7) is 13.6. The van der Waals surface area contributed by atoms with Crippen molar-refractivity contribution < 1.29 is 14.3 Å². The summed E-state index contributed by atoms with van der Waals surface area (Å²) in [4.78, 5) is 11.7. The van der Waals surface area contributed by atoms with Gasteiger partial charge in [-0.25, -0.2) is 0 Å². The molecule has 146 valence electrons. The van der Waals surface area contributed by atoms with Crippen LogP contribution in [-0.2, 0) is 14.3 Å². The molecule has 0 amide bonds. The fourth-order valence-electron chi connectivity index (χ4n) is 6.53. The van der Waals surface area contributed by atoms with Gasteiger partial charge in [-0.05, 0) is 75.0 Å². The van der Waals surface area contributed by atoms with Gasteiger partial charge in [0, 0.05) is 6.42 Å². The van der Waals surface area contributed by atoms with Crippen LogP contribution in [0.1, 0.15) is 72.6 Å². The minimum Gasteiger partial charge on any atom is -0.469 e. The molecule has 1 saturated heterocycles. The van der Waals surface area contributed by atoms with E-state index in [0.29, 0.717) is 24.4 Å². The first kappa shape index (κ1) is 19.7. The number of hydrogen-bond donors (Lipinski definition) is 0. The van der Waals surface area contributed by atoms with E-state index in [4.69, 9.17) is 9.47 Å². The predicted octanol–water partition coefficient (Wildman–Crippen LogP) is 5.45. The second kappa shape index (κ2) is 7.14. The molecule has 3 heteroatoms. The molecule has 0 aromatic heterocycles. The van der Waals surface area contributed by atoms with Crippen LogP contribution >= 0.6 is 0 Å². The highest BCUT2D eigenvalue weighted by molar-refractivity contribution is 5.69. The van der Waals surface area contributed by atoms with Crippen molar-refractivity contribution in [3.8, 4) is 0 Å². The van der Waals surface area contributed by atoms with Gasteiger partial charge in [0.2, 0.25) is 0 Å². The van der Waals surface area contributed by atoms with E-state index in [1.165, 1.54) is 31.1 Å². The molecule has 0 aromatic rings. The van der Waals surface area contributed by atoms with Crippen LogP contribution in [0.2, 0.25) is 0 Å². The molecule has 6 atom stereocenters. The minimum absolute atomic E-state index is 0.101. The number of carbonyl (C=O) groups excluding carboxylic acids is 1. The van der Waals surface area contributed by atoms with Crippen LogP contribution in [0.3, 0.4) is 0 Å². The van der Waals surface area contributed by atoms with E-state index in [9.17, 15) is 4.79 Å². The van der Waals surface area contributed by atoms with Crippen molar-refractivity contribution in [1.29, 1.82) is 0 Å². The van der Waals surface area contributed by atoms with Crippen molar-refractivity contribution >= 4 is 5.97 Å². The number of ether oxygens (including phenoxy) is 2. The number of hydrogen-bond acceptors (Lipinski definition) is 3. The third kappa shape index (κ3) is 3.28. The molecule has 3 rings (SSSR count). The molecule has 0 aromatic carbocycles. The van der Waals surface area contributed by atoms with Gasteiger partial charge in [-0.2, -0.15) is 0 Å². The number of fused-ring (bicyclic) bond motifs is 3. The molecule has 1 aliphatic heterocycles. The number of esters is 1. The summed E-state index contributed by atoms with van der Waals surface area (Å²) in [5.41, 5.74) is 3.13. The maximum absolute atomic E-state index is 11.7. The van der Waals surface area contributed by atoms with Crippen molar-refractivity contribution in [2.75, 3.05) is 7.11 Å². The van der Waals surface area contributed by atoms with E-state index in [0.717, 1.165) is 25.7 Å². The molecule has 1 heterocycles. The molecule has 26 heavy (non-hydrogen) atoms. The van der Waals surface area contributed by atoms with Gasteiger partial charge in [0.1, 0.15) is 0 Å². The molecule has 2 aliphatic carbocycles. The molecule has 3 fully saturated rings. The SMILES string of the molecule is C=C1CC[C@H]2[C@]3(C)CC(C=C(C)C)O[C@H]3CC[C@]2(C)C1CCC(=O)OC. The number of carbonyl (C=O) groups is 1. The van der Waals surface area contributed by atoms with Gasteiger partial charge in [0.15, 0.2) is 0 Å². The molecule has 3 aliphatic rings. The maximum atomic E-state index is 11.7. The van der Waals surface area contributed by atoms with Crippen molar-refractivity contribution in [2.24, 2.45) is 22.7 Å². The Morgan fingerprint density at radius 1 is 1.31 bits per heavy atom. The summed E-state index contributed by atoms with van der Waals surface area (Å²) in [5, 5.41) is 0. The monoisotopic (exact) mass is 360 g/mol. The molecule has 0 spiro atoms. The Bertz CT molecular complexity index is 603. The first-order chi connectivity index (χ1) is 12.2. The highest BCUT2D eigenvalue weighted by Gasteiger charge is 2.61. The molecule has 3 nitrogen and oxygen atoms in total. The topological polar surface area (TPSA) is 35.5 Å². The average molecular weight is 361 g/mol. The van der Waals surface area contributed by atoms with Crippen LogP contribution in [0, 0.1) is 22.7 Å². The van der Waals surface area contributed by atoms with Gasteiger partial charge in [-0.1, -0.05) is 37.6 Å². The van der Waals surface area contributed by atoms with Gasteiger partial charge in [0.05, 0.1) is 19.3 Å². The maximum Gasteiger partial charge on any atom is 0.305 e. The second-order valence-corrected chi connectivity index (χ2v) is 9.58. The van der Waals surface area contributed by atoms with E-state index in [-0.39, 0.29) is 22.9 Å².